The van der Waals surface area contributed by atoms with Crippen LogP contribution in [0.2, 0.25) is 0 Å². The quantitative estimate of drug-likeness (QED) is 0.514. The fourth-order valence-electron chi connectivity index (χ4n) is 2.69. The van der Waals surface area contributed by atoms with E-state index in [0.717, 1.165) is 23.9 Å². The van der Waals surface area contributed by atoms with Crippen LogP contribution < -0.4 is 5.32 Å². The zero-order valence-corrected chi connectivity index (χ0v) is 13.2. The molecule has 2 aromatic rings. The van der Waals surface area contributed by atoms with Crippen LogP contribution in [0.1, 0.15) is 36.2 Å². The Hall–Kier alpha value is -2.60. The van der Waals surface area contributed by atoms with E-state index in [1.54, 1.807) is 6.07 Å². The molecule has 1 aliphatic rings. The van der Waals surface area contributed by atoms with Gasteiger partial charge in [-0.2, -0.15) is 0 Å². The summed E-state index contributed by atoms with van der Waals surface area (Å²) in [6.45, 7) is 0.750. The second kappa shape index (κ2) is 7.31. The SMILES string of the molecule is O=C(CCC(=O)c1ccc2ccccc2n1)OC(=O)[C@@H]1CCCN1. The molecule has 1 atom stereocenters. The Bertz CT molecular complexity index is 781. The number of nitrogens with one attached hydrogen (secondary N) is 1. The van der Waals surface area contributed by atoms with Crippen LogP contribution in [-0.4, -0.2) is 35.3 Å². The molecule has 6 nitrogen and oxygen atoms in total. The number of para-hydroxylation sites is 1. The number of pyridine rings is 1. The molecule has 0 aliphatic carbocycles. The van der Waals surface area contributed by atoms with E-state index >= 15 is 0 Å². The highest BCUT2D eigenvalue weighted by Crippen LogP contribution is 2.14. The van der Waals surface area contributed by atoms with Crippen molar-refractivity contribution in [3.05, 3.63) is 42.1 Å². The van der Waals surface area contributed by atoms with Gasteiger partial charge < -0.3 is 10.1 Å². The van der Waals surface area contributed by atoms with Gasteiger partial charge in [0.2, 0.25) is 0 Å². The summed E-state index contributed by atoms with van der Waals surface area (Å²) in [5.41, 5.74) is 1.04. The molecule has 3 rings (SSSR count). The van der Waals surface area contributed by atoms with Gasteiger partial charge in [-0.3, -0.25) is 9.59 Å². The van der Waals surface area contributed by atoms with Crippen molar-refractivity contribution in [1.82, 2.24) is 10.3 Å². The second-order valence-electron chi connectivity index (χ2n) is 5.75. The summed E-state index contributed by atoms with van der Waals surface area (Å²) < 4.78 is 4.78. The molecule has 124 valence electrons. The Morgan fingerprint density at radius 1 is 1.12 bits per heavy atom. The summed E-state index contributed by atoms with van der Waals surface area (Å²) in [4.78, 5) is 39.9. The number of ether oxygens (including phenoxy) is 1. The van der Waals surface area contributed by atoms with Gasteiger partial charge in [-0.25, -0.2) is 9.78 Å². The van der Waals surface area contributed by atoms with Crippen LogP contribution >= 0.6 is 0 Å². The third kappa shape index (κ3) is 3.83. The molecule has 1 aromatic heterocycles. The van der Waals surface area contributed by atoms with Gasteiger partial charge in [0.05, 0.1) is 11.9 Å². The molecule has 0 spiro atoms. The Labute approximate surface area is 139 Å². The number of ketones is 1. The third-order valence-corrected chi connectivity index (χ3v) is 4.00. The Morgan fingerprint density at radius 3 is 2.75 bits per heavy atom. The highest BCUT2D eigenvalue weighted by atomic mass is 16.6. The number of benzene rings is 1. The molecule has 0 amide bonds. The Balaban J connectivity index is 1.54. The fourth-order valence-corrected chi connectivity index (χ4v) is 2.69. The lowest BCUT2D eigenvalue weighted by atomic mass is 10.1. The normalized spacial score (nSPS) is 16.9. The van der Waals surface area contributed by atoms with E-state index in [9.17, 15) is 14.4 Å². The van der Waals surface area contributed by atoms with Crippen LogP contribution in [0.4, 0.5) is 0 Å². The molecular weight excluding hydrogens is 308 g/mol. The van der Waals surface area contributed by atoms with E-state index in [1.165, 1.54) is 0 Å². The molecule has 24 heavy (non-hydrogen) atoms. The minimum atomic E-state index is -0.678. The molecule has 1 aromatic carbocycles. The highest BCUT2D eigenvalue weighted by molar-refractivity contribution is 5.98. The molecule has 0 radical (unpaired) electrons. The minimum absolute atomic E-state index is 0.0322. The molecule has 1 fully saturated rings. The van der Waals surface area contributed by atoms with Crippen LogP contribution in [-0.2, 0) is 14.3 Å². The lowest BCUT2D eigenvalue weighted by Gasteiger charge is -2.08. The zero-order chi connectivity index (χ0) is 16.9. The predicted octanol–water partition coefficient (Wildman–Crippen LogP) is 2.02. The van der Waals surface area contributed by atoms with Gasteiger partial charge in [-0.15, -0.1) is 0 Å². The van der Waals surface area contributed by atoms with Crippen molar-refractivity contribution in [2.45, 2.75) is 31.7 Å². The highest BCUT2D eigenvalue weighted by Gasteiger charge is 2.25. The molecular formula is C18H18N2O4. The van der Waals surface area contributed by atoms with Gasteiger partial charge in [0.1, 0.15) is 11.7 Å². The standard InChI is InChI=1S/C18H18N2O4/c21-16(14-8-7-12-4-1-2-5-13(12)20-14)9-10-17(22)24-18(23)15-6-3-11-19-15/h1-2,4-5,7-8,15,19H,3,6,9-11H2/t15-/m0/s1. The smallest absolute Gasteiger partial charge is 0.330 e. The lowest BCUT2D eigenvalue weighted by molar-refractivity contribution is -0.160. The molecule has 1 N–H and O–H groups in total. The van der Waals surface area contributed by atoms with E-state index in [2.05, 4.69) is 10.3 Å². The fraction of sp³-hybridized carbons (Fsp3) is 0.333. The molecule has 1 saturated heterocycles. The van der Waals surface area contributed by atoms with Crippen LogP contribution in [0.5, 0.6) is 0 Å². The molecule has 1 aliphatic heterocycles. The Kier molecular flexibility index (Phi) is 4.96. The maximum Gasteiger partial charge on any atom is 0.330 e. The van der Waals surface area contributed by atoms with Gasteiger partial charge >= 0.3 is 11.9 Å². The van der Waals surface area contributed by atoms with E-state index in [1.807, 2.05) is 30.3 Å². The largest absolute Gasteiger partial charge is 0.392 e. The van der Waals surface area contributed by atoms with Crippen LogP contribution in [0.3, 0.4) is 0 Å². The molecule has 0 bridgehead atoms. The van der Waals surface area contributed by atoms with Gasteiger partial charge in [0, 0.05) is 11.8 Å². The number of hydrogen-bond donors (Lipinski definition) is 1. The molecule has 2 heterocycles. The second-order valence-corrected chi connectivity index (χ2v) is 5.75. The van der Waals surface area contributed by atoms with E-state index < -0.39 is 18.0 Å². The van der Waals surface area contributed by atoms with E-state index in [0.29, 0.717) is 12.1 Å². The number of fused-ring (bicyclic) bond motifs is 1. The topological polar surface area (TPSA) is 85.4 Å². The van der Waals surface area contributed by atoms with Crippen LogP contribution in [0, 0.1) is 0 Å². The van der Waals surface area contributed by atoms with Gasteiger partial charge in [0.25, 0.3) is 0 Å². The first kappa shape index (κ1) is 16.3. The Morgan fingerprint density at radius 2 is 1.96 bits per heavy atom. The average Bonchev–Trinajstić information content (AvgIpc) is 3.14. The minimum Gasteiger partial charge on any atom is -0.392 e. The number of carbonyl (C=O) groups is 3. The maximum atomic E-state index is 12.2. The molecule has 0 saturated carbocycles. The van der Waals surface area contributed by atoms with E-state index in [-0.39, 0.29) is 18.6 Å². The van der Waals surface area contributed by atoms with Crippen molar-refractivity contribution >= 4 is 28.6 Å². The summed E-state index contributed by atoms with van der Waals surface area (Å²) in [7, 11) is 0. The number of nitrogens with zero attached hydrogens (tertiary/aromatic N) is 1. The van der Waals surface area contributed by atoms with Gasteiger partial charge in [0.15, 0.2) is 5.78 Å². The van der Waals surface area contributed by atoms with Gasteiger partial charge in [-0.1, -0.05) is 24.3 Å². The van der Waals surface area contributed by atoms with E-state index in [4.69, 9.17) is 4.74 Å². The van der Waals surface area contributed by atoms with Crippen molar-refractivity contribution in [2.24, 2.45) is 0 Å². The first-order valence-corrected chi connectivity index (χ1v) is 8.00. The maximum absolute atomic E-state index is 12.2. The summed E-state index contributed by atoms with van der Waals surface area (Å²) in [6.07, 6.45) is 1.40. The molecule has 6 heteroatoms. The summed E-state index contributed by atoms with van der Waals surface area (Å²) in [5.74, 6) is -1.49. The van der Waals surface area contributed by atoms with Crippen LogP contribution in [0.25, 0.3) is 10.9 Å². The van der Waals surface area contributed by atoms with Crippen molar-refractivity contribution in [3.63, 3.8) is 0 Å². The summed E-state index contributed by atoms with van der Waals surface area (Å²) >= 11 is 0. The number of aromatic nitrogens is 1. The van der Waals surface area contributed by atoms with Crippen LogP contribution in [0.15, 0.2) is 36.4 Å². The molecule has 0 unspecified atom stereocenters. The third-order valence-electron chi connectivity index (χ3n) is 4.00. The van der Waals surface area contributed by atoms with Gasteiger partial charge in [-0.05, 0) is 31.5 Å². The number of hydrogen-bond acceptors (Lipinski definition) is 6. The average molecular weight is 326 g/mol. The summed E-state index contributed by atoms with van der Waals surface area (Å²) in [5, 5.41) is 3.91. The van der Waals surface area contributed by atoms with Crippen molar-refractivity contribution in [3.8, 4) is 0 Å². The van der Waals surface area contributed by atoms with Crippen molar-refractivity contribution in [2.75, 3.05) is 6.54 Å². The number of carbonyl (C=O) groups excluding carboxylic acids is 3. The zero-order valence-electron chi connectivity index (χ0n) is 13.2. The number of esters is 2. The first-order valence-electron chi connectivity index (χ1n) is 8.00. The van der Waals surface area contributed by atoms with Crippen molar-refractivity contribution < 1.29 is 19.1 Å². The predicted molar refractivity (Wildman–Crippen MR) is 87.4 cm³/mol. The summed E-state index contributed by atoms with van der Waals surface area (Å²) in [6, 6.07) is 10.5. The number of Topliss-reactive ketones (excluding diaryl/α,β-unsaturated/α-hetero) is 1. The van der Waals surface area contributed by atoms with Crippen molar-refractivity contribution in [1.29, 1.82) is 0 Å². The first-order chi connectivity index (χ1) is 11.6. The lowest BCUT2D eigenvalue weighted by Crippen LogP contribution is -2.33. The monoisotopic (exact) mass is 326 g/mol. The number of rotatable bonds is 5.